The molecule has 0 fully saturated rings. The molecule has 0 unspecified atom stereocenters. The zero-order valence-corrected chi connectivity index (χ0v) is 15.2. The highest BCUT2D eigenvalue weighted by Gasteiger charge is 2.16. The van der Waals surface area contributed by atoms with Gasteiger partial charge in [-0.2, -0.15) is 0 Å². The average molecular weight is 365 g/mol. The average Bonchev–Trinajstić information content (AvgIpc) is 3.05. The van der Waals surface area contributed by atoms with Crippen LogP contribution in [0.15, 0.2) is 60.7 Å². The third kappa shape index (κ3) is 4.55. The summed E-state index contributed by atoms with van der Waals surface area (Å²) in [6.07, 6.45) is 0.212. The molecule has 132 valence electrons. The van der Waals surface area contributed by atoms with Gasteiger partial charge >= 0.3 is 0 Å². The van der Waals surface area contributed by atoms with Crippen molar-refractivity contribution in [1.82, 2.24) is 10.3 Å². The van der Waals surface area contributed by atoms with Gasteiger partial charge in [-0.3, -0.25) is 9.59 Å². The number of rotatable bonds is 6. The summed E-state index contributed by atoms with van der Waals surface area (Å²) in [4.78, 5) is 29.3. The highest BCUT2D eigenvalue weighted by atomic mass is 32.1. The molecule has 0 aliphatic rings. The standard InChI is InChI=1S/C20H19N3O2S/c1-14-18(26-20(22-14)15-8-4-2-5-9-15)19(25)21-13-12-17(24)23-16-10-6-3-7-11-16/h2-11H,12-13H2,1H3,(H,21,25)(H,23,24). The Labute approximate surface area is 156 Å². The molecule has 2 aromatic carbocycles. The third-order valence-electron chi connectivity index (χ3n) is 3.72. The maximum absolute atomic E-state index is 12.4. The molecule has 0 aliphatic carbocycles. The van der Waals surface area contributed by atoms with Gasteiger partial charge in [-0.1, -0.05) is 48.5 Å². The monoisotopic (exact) mass is 365 g/mol. The Hall–Kier alpha value is -2.99. The molecule has 2 N–H and O–H groups in total. The van der Waals surface area contributed by atoms with Crippen molar-refractivity contribution < 1.29 is 9.59 Å². The van der Waals surface area contributed by atoms with E-state index in [0.717, 1.165) is 16.3 Å². The lowest BCUT2D eigenvalue weighted by Crippen LogP contribution is -2.27. The Kier molecular flexibility index (Phi) is 5.76. The van der Waals surface area contributed by atoms with E-state index in [2.05, 4.69) is 15.6 Å². The maximum Gasteiger partial charge on any atom is 0.263 e. The SMILES string of the molecule is Cc1nc(-c2ccccc2)sc1C(=O)NCCC(=O)Nc1ccccc1. The van der Waals surface area contributed by atoms with Crippen LogP contribution in [0.3, 0.4) is 0 Å². The van der Waals surface area contributed by atoms with Crippen LogP contribution in [0.5, 0.6) is 0 Å². The van der Waals surface area contributed by atoms with Crippen molar-refractivity contribution >= 4 is 28.8 Å². The van der Waals surface area contributed by atoms with E-state index in [1.54, 1.807) is 0 Å². The van der Waals surface area contributed by atoms with Crippen molar-refractivity contribution in [2.75, 3.05) is 11.9 Å². The first-order chi connectivity index (χ1) is 12.6. The van der Waals surface area contributed by atoms with Gasteiger partial charge in [0.25, 0.3) is 5.91 Å². The first-order valence-corrected chi connectivity index (χ1v) is 9.11. The van der Waals surface area contributed by atoms with Crippen LogP contribution in [0.25, 0.3) is 10.6 Å². The Morgan fingerprint density at radius 2 is 1.65 bits per heavy atom. The summed E-state index contributed by atoms with van der Waals surface area (Å²) in [6, 6.07) is 19.0. The minimum Gasteiger partial charge on any atom is -0.351 e. The highest BCUT2D eigenvalue weighted by molar-refractivity contribution is 7.17. The van der Waals surface area contributed by atoms with Gasteiger partial charge in [0.05, 0.1) is 5.69 Å². The summed E-state index contributed by atoms with van der Waals surface area (Å²) in [5.41, 5.74) is 2.43. The Bertz CT molecular complexity index is 892. The zero-order valence-electron chi connectivity index (χ0n) is 14.4. The van der Waals surface area contributed by atoms with E-state index in [1.165, 1.54) is 11.3 Å². The van der Waals surface area contributed by atoms with E-state index >= 15 is 0 Å². The van der Waals surface area contributed by atoms with E-state index in [-0.39, 0.29) is 24.8 Å². The van der Waals surface area contributed by atoms with Crippen molar-refractivity contribution in [3.8, 4) is 10.6 Å². The maximum atomic E-state index is 12.4. The van der Waals surface area contributed by atoms with E-state index in [1.807, 2.05) is 67.6 Å². The number of aryl methyl sites for hydroxylation is 1. The lowest BCUT2D eigenvalue weighted by Gasteiger charge is -2.06. The van der Waals surface area contributed by atoms with Gasteiger partial charge in [0.1, 0.15) is 9.88 Å². The molecule has 0 saturated heterocycles. The second kappa shape index (κ2) is 8.40. The summed E-state index contributed by atoms with van der Waals surface area (Å²) in [7, 11) is 0. The number of nitrogens with one attached hydrogen (secondary N) is 2. The predicted molar refractivity (Wildman–Crippen MR) is 104 cm³/mol. The molecule has 0 spiro atoms. The number of hydrogen-bond acceptors (Lipinski definition) is 4. The second-order valence-corrected chi connectivity index (χ2v) is 6.72. The molecule has 5 nitrogen and oxygen atoms in total. The molecule has 1 aromatic heterocycles. The number of benzene rings is 2. The molecule has 6 heteroatoms. The van der Waals surface area contributed by atoms with Gasteiger partial charge < -0.3 is 10.6 Å². The normalized spacial score (nSPS) is 10.3. The Balaban J connectivity index is 1.54. The number of para-hydroxylation sites is 1. The van der Waals surface area contributed by atoms with Crippen LogP contribution in [0.1, 0.15) is 21.8 Å². The van der Waals surface area contributed by atoms with Crippen LogP contribution >= 0.6 is 11.3 Å². The Morgan fingerprint density at radius 3 is 2.35 bits per heavy atom. The smallest absolute Gasteiger partial charge is 0.263 e. The van der Waals surface area contributed by atoms with Gasteiger partial charge in [0, 0.05) is 24.2 Å². The number of anilines is 1. The fourth-order valence-corrected chi connectivity index (χ4v) is 3.41. The second-order valence-electron chi connectivity index (χ2n) is 5.72. The fourth-order valence-electron chi connectivity index (χ4n) is 2.43. The third-order valence-corrected chi connectivity index (χ3v) is 4.92. The Morgan fingerprint density at radius 1 is 1.00 bits per heavy atom. The van der Waals surface area contributed by atoms with Gasteiger partial charge in [0.15, 0.2) is 0 Å². The molecule has 0 bridgehead atoms. The topological polar surface area (TPSA) is 71.1 Å². The van der Waals surface area contributed by atoms with Crippen molar-refractivity contribution in [3.05, 3.63) is 71.2 Å². The van der Waals surface area contributed by atoms with E-state index in [4.69, 9.17) is 0 Å². The number of carbonyl (C=O) groups is 2. The van der Waals surface area contributed by atoms with Crippen molar-refractivity contribution in [2.24, 2.45) is 0 Å². The summed E-state index contributed by atoms with van der Waals surface area (Å²) >= 11 is 1.36. The van der Waals surface area contributed by atoms with Crippen LogP contribution in [0.2, 0.25) is 0 Å². The van der Waals surface area contributed by atoms with Crippen LogP contribution in [0, 0.1) is 6.92 Å². The van der Waals surface area contributed by atoms with Crippen LogP contribution in [0.4, 0.5) is 5.69 Å². The predicted octanol–water partition coefficient (Wildman–Crippen LogP) is 3.88. The fraction of sp³-hybridized carbons (Fsp3) is 0.150. The minimum atomic E-state index is -0.199. The molecule has 3 rings (SSSR count). The quantitative estimate of drug-likeness (QED) is 0.696. The van der Waals surface area contributed by atoms with Crippen LogP contribution < -0.4 is 10.6 Å². The van der Waals surface area contributed by atoms with E-state index < -0.39 is 0 Å². The number of thiazole rings is 1. The summed E-state index contributed by atoms with van der Waals surface area (Å²) in [6.45, 7) is 2.09. The molecule has 1 heterocycles. The molecular weight excluding hydrogens is 346 g/mol. The summed E-state index contributed by atoms with van der Waals surface area (Å²) in [5, 5.41) is 6.40. The van der Waals surface area contributed by atoms with Gasteiger partial charge in [-0.25, -0.2) is 4.98 Å². The summed E-state index contributed by atoms with van der Waals surface area (Å²) < 4.78 is 0. The molecular formula is C20H19N3O2S. The van der Waals surface area contributed by atoms with Crippen LogP contribution in [-0.4, -0.2) is 23.3 Å². The number of amides is 2. The van der Waals surface area contributed by atoms with Crippen molar-refractivity contribution in [3.63, 3.8) is 0 Å². The van der Waals surface area contributed by atoms with E-state index in [9.17, 15) is 9.59 Å². The molecule has 26 heavy (non-hydrogen) atoms. The lowest BCUT2D eigenvalue weighted by molar-refractivity contribution is -0.116. The molecule has 2 amide bonds. The number of nitrogens with zero attached hydrogens (tertiary/aromatic N) is 1. The minimum absolute atomic E-state index is 0.137. The first-order valence-electron chi connectivity index (χ1n) is 8.29. The molecule has 3 aromatic rings. The van der Waals surface area contributed by atoms with Gasteiger partial charge in [0.2, 0.25) is 5.91 Å². The number of hydrogen-bond donors (Lipinski definition) is 2. The van der Waals surface area contributed by atoms with Crippen molar-refractivity contribution in [2.45, 2.75) is 13.3 Å². The van der Waals surface area contributed by atoms with Crippen LogP contribution in [-0.2, 0) is 4.79 Å². The first kappa shape index (κ1) is 17.8. The molecule has 0 aliphatic heterocycles. The number of aromatic nitrogens is 1. The van der Waals surface area contributed by atoms with Crippen molar-refractivity contribution in [1.29, 1.82) is 0 Å². The zero-order chi connectivity index (χ0) is 18.4. The van der Waals surface area contributed by atoms with Gasteiger partial charge in [-0.15, -0.1) is 11.3 Å². The highest BCUT2D eigenvalue weighted by Crippen LogP contribution is 2.27. The molecule has 0 radical (unpaired) electrons. The number of carbonyl (C=O) groups excluding carboxylic acids is 2. The molecule has 0 atom stereocenters. The van der Waals surface area contributed by atoms with Gasteiger partial charge in [-0.05, 0) is 19.1 Å². The summed E-state index contributed by atoms with van der Waals surface area (Å²) in [5.74, 6) is -0.336. The molecule has 0 saturated carbocycles. The lowest BCUT2D eigenvalue weighted by atomic mass is 10.2. The largest absolute Gasteiger partial charge is 0.351 e. The van der Waals surface area contributed by atoms with E-state index in [0.29, 0.717) is 10.6 Å².